The van der Waals surface area contributed by atoms with Gasteiger partial charge in [0.15, 0.2) is 0 Å². The molecule has 1 N–H and O–H groups in total. The molecule has 0 saturated carbocycles. The summed E-state index contributed by atoms with van der Waals surface area (Å²) in [6, 6.07) is 10.2. The van der Waals surface area contributed by atoms with Crippen molar-refractivity contribution in [2.45, 2.75) is 17.2 Å². The van der Waals surface area contributed by atoms with Crippen molar-refractivity contribution in [2.24, 2.45) is 0 Å². The van der Waals surface area contributed by atoms with Crippen LogP contribution >= 0.6 is 38.9 Å². The predicted octanol–water partition coefficient (Wildman–Crippen LogP) is 4.20. The second kappa shape index (κ2) is 5.93. The van der Waals surface area contributed by atoms with Crippen LogP contribution in [0.15, 0.2) is 45.1 Å². The molecule has 2 aromatic rings. The van der Waals surface area contributed by atoms with Crippen LogP contribution in [0, 0.1) is 0 Å². The van der Waals surface area contributed by atoms with E-state index < -0.39 is 10.0 Å². The average molecular weight is 381 g/mol. The van der Waals surface area contributed by atoms with Gasteiger partial charge in [0, 0.05) is 10.5 Å². The Hall–Kier alpha value is -0.400. The van der Waals surface area contributed by atoms with E-state index in [2.05, 4.69) is 20.7 Å². The highest BCUT2D eigenvalue weighted by Gasteiger charge is 2.21. The van der Waals surface area contributed by atoms with Gasteiger partial charge in [-0.25, -0.2) is 13.1 Å². The number of hydrogen-bond donors (Lipinski definition) is 1. The second-order valence-electron chi connectivity index (χ2n) is 3.92. The van der Waals surface area contributed by atoms with Gasteiger partial charge in [-0.05, 0) is 30.7 Å². The number of benzene rings is 1. The number of halogens is 2. The van der Waals surface area contributed by atoms with Gasteiger partial charge >= 0.3 is 0 Å². The van der Waals surface area contributed by atoms with Gasteiger partial charge in [-0.15, -0.1) is 11.3 Å². The van der Waals surface area contributed by atoms with Crippen LogP contribution in [0.25, 0.3) is 0 Å². The van der Waals surface area contributed by atoms with Crippen molar-refractivity contribution >= 4 is 48.9 Å². The van der Waals surface area contributed by atoms with Crippen molar-refractivity contribution in [3.63, 3.8) is 0 Å². The summed E-state index contributed by atoms with van der Waals surface area (Å²) < 4.78 is 28.5. The number of sulfonamides is 1. The first-order valence-corrected chi connectivity index (χ1v) is 8.89. The largest absolute Gasteiger partial charge is 0.250 e. The molecule has 7 heteroatoms. The molecule has 19 heavy (non-hydrogen) atoms. The molecule has 0 amide bonds. The summed E-state index contributed by atoms with van der Waals surface area (Å²) in [5, 5.41) is 0. The monoisotopic (exact) mass is 379 g/mol. The van der Waals surface area contributed by atoms with E-state index in [4.69, 9.17) is 11.6 Å². The molecular formula is C12H11BrClNO2S2. The number of nitrogens with one attached hydrogen (secondary N) is 1. The van der Waals surface area contributed by atoms with E-state index in [0.29, 0.717) is 4.34 Å². The van der Waals surface area contributed by atoms with Gasteiger partial charge in [0.05, 0.1) is 4.34 Å². The van der Waals surface area contributed by atoms with E-state index in [1.165, 1.54) is 6.07 Å². The van der Waals surface area contributed by atoms with Crippen LogP contribution in [-0.2, 0) is 10.0 Å². The third kappa shape index (κ3) is 3.58. The van der Waals surface area contributed by atoms with Crippen LogP contribution in [0.3, 0.4) is 0 Å². The summed E-state index contributed by atoms with van der Waals surface area (Å²) in [5.74, 6) is 0. The van der Waals surface area contributed by atoms with Gasteiger partial charge in [0.1, 0.15) is 4.21 Å². The first kappa shape index (κ1) is 15.0. The van der Waals surface area contributed by atoms with E-state index in [1.807, 2.05) is 24.3 Å². The van der Waals surface area contributed by atoms with Crippen molar-refractivity contribution in [3.8, 4) is 0 Å². The summed E-state index contributed by atoms with van der Waals surface area (Å²) in [4.78, 5) is 0. The van der Waals surface area contributed by atoms with E-state index >= 15 is 0 Å². The summed E-state index contributed by atoms with van der Waals surface area (Å²) in [5.41, 5.74) is 0.883. The van der Waals surface area contributed by atoms with Gasteiger partial charge in [-0.1, -0.05) is 45.7 Å². The van der Waals surface area contributed by atoms with Crippen LogP contribution in [0.2, 0.25) is 4.34 Å². The van der Waals surface area contributed by atoms with Gasteiger partial charge in [0.25, 0.3) is 10.0 Å². The van der Waals surface area contributed by atoms with E-state index in [-0.39, 0.29) is 10.3 Å². The van der Waals surface area contributed by atoms with Crippen molar-refractivity contribution < 1.29 is 8.42 Å². The molecule has 1 unspecified atom stereocenters. The first-order chi connectivity index (χ1) is 8.90. The van der Waals surface area contributed by atoms with Gasteiger partial charge in [0.2, 0.25) is 0 Å². The van der Waals surface area contributed by atoms with Crippen LogP contribution in [-0.4, -0.2) is 8.42 Å². The van der Waals surface area contributed by atoms with Crippen molar-refractivity contribution in [1.82, 2.24) is 4.72 Å². The van der Waals surface area contributed by atoms with Gasteiger partial charge in [-0.2, -0.15) is 0 Å². The fourth-order valence-corrected chi connectivity index (χ4v) is 4.97. The molecule has 1 atom stereocenters. The fourth-order valence-electron chi connectivity index (χ4n) is 1.62. The Morgan fingerprint density at radius 2 is 1.95 bits per heavy atom. The quantitative estimate of drug-likeness (QED) is 0.864. The molecule has 3 nitrogen and oxygen atoms in total. The average Bonchev–Trinajstić information content (AvgIpc) is 2.76. The van der Waals surface area contributed by atoms with Crippen LogP contribution in [0.1, 0.15) is 18.5 Å². The number of hydrogen-bond acceptors (Lipinski definition) is 3. The Morgan fingerprint density at radius 3 is 2.53 bits per heavy atom. The van der Waals surface area contributed by atoms with Crippen LogP contribution in [0.4, 0.5) is 0 Å². The van der Waals surface area contributed by atoms with Crippen molar-refractivity contribution in [1.29, 1.82) is 0 Å². The Kier molecular flexibility index (Phi) is 4.68. The zero-order chi connectivity index (χ0) is 14.0. The molecule has 2 rings (SSSR count). The third-order valence-electron chi connectivity index (χ3n) is 2.52. The maximum Gasteiger partial charge on any atom is 0.250 e. The number of rotatable bonds is 4. The smallest absolute Gasteiger partial charge is 0.206 e. The summed E-state index contributed by atoms with van der Waals surface area (Å²) in [6.07, 6.45) is 0. The topological polar surface area (TPSA) is 46.2 Å². The Bertz CT molecular complexity index is 685. The fraction of sp³-hybridized carbons (Fsp3) is 0.167. The molecule has 1 aromatic carbocycles. The van der Waals surface area contributed by atoms with Gasteiger partial charge < -0.3 is 0 Å². The zero-order valence-corrected chi connectivity index (χ0v) is 13.9. The van der Waals surface area contributed by atoms with E-state index in [9.17, 15) is 8.42 Å². The van der Waals surface area contributed by atoms with E-state index in [1.54, 1.807) is 13.0 Å². The lowest BCUT2D eigenvalue weighted by atomic mass is 10.1. The standard InChI is InChI=1S/C12H11BrClNO2S2/c1-8(9-4-2-3-5-10(9)13)15-19(16,17)12-7-6-11(14)18-12/h2-8,15H,1H3. The summed E-state index contributed by atoms with van der Waals surface area (Å²) in [7, 11) is -3.54. The lowest BCUT2D eigenvalue weighted by Gasteiger charge is -2.15. The molecule has 1 heterocycles. The lowest BCUT2D eigenvalue weighted by molar-refractivity contribution is 0.568. The highest BCUT2D eigenvalue weighted by atomic mass is 79.9. The molecule has 0 aliphatic carbocycles. The van der Waals surface area contributed by atoms with Crippen molar-refractivity contribution in [2.75, 3.05) is 0 Å². The second-order valence-corrected chi connectivity index (χ2v) is 8.43. The number of thiophene rings is 1. The third-order valence-corrected chi connectivity index (χ3v) is 6.50. The Labute approximate surface area is 129 Å². The lowest BCUT2D eigenvalue weighted by Crippen LogP contribution is -2.26. The highest BCUT2D eigenvalue weighted by molar-refractivity contribution is 9.10. The minimum atomic E-state index is -3.54. The zero-order valence-electron chi connectivity index (χ0n) is 9.93. The molecule has 0 aliphatic heterocycles. The van der Waals surface area contributed by atoms with Gasteiger partial charge in [-0.3, -0.25) is 0 Å². The predicted molar refractivity (Wildman–Crippen MR) is 82.2 cm³/mol. The molecular weight excluding hydrogens is 370 g/mol. The normalized spacial score (nSPS) is 13.4. The van der Waals surface area contributed by atoms with Crippen LogP contribution in [0.5, 0.6) is 0 Å². The molecule has 0 radical (unpaired) electrons. The molecule has 0 bridgehead atoms. The SMILES string of the molecule is CC(NS(=O)(=O)c1ccc(Cl)s1)c1ccccc1Br. The van der Waals surface area contributed by atoms with E-state index in [0.717, 1.165) is 21.4 Å². The molecule has 102 valence electrons. The molecule has 0 spiro atoms. The maximum atomic E-state index is 12.2. The molecule has 0 aliphatic rings. The Balaban J connectivity index is 2.24. The summed E-state index contributed by atoms with van der Waals surface area (Å²) >= 11 is 10.2. The first-order valence-electron chi connectivity index (χ1n) is 5.42. The minimum absolute atomic E-state index is 0.219. The highest BCUT2D eigenvalue weighted by Crippen LogP contribution is 2.28. The molecule has 1 aromatic heterocycles. The Morgan fingerprint density at radius 1 is 1.26 bits per heavy atom. The van der Waals surface area contributed by atoms with Crippen LogP contribution < -0.4 is 4.72 Å². The molecule has 0 saturated heterocycles. The maximum absolute atomic E-state index is 12.2. The van der Waals surface area contributed by atoms with Crippen molar-refractivity contribution in [3.05, 3.63) is 50.8 Å². The summed E-state index contributed by atoms with van der Waals surface area (Å²) in [6.45, 7) is 1.80. The minimum Gasteiger partial charge on any atom is -0.206 e. The molecule has 0 fully saturated rings.